The van der Waals surface area contributed by atoms with Crippen LogP contribution in [0.4, 0.5) is 9.59 Å². The Labute approximate surface area is 179 Å². The molecule has 3 aromatic rings. The van der Waals surface area contributed by atoms with E-state index in [0.29, 0.717) is 22.4 Å². The molecule has 1 heterocycles. The van der Waals surface area contributed by atoms with E-state index in [1.54, 1.807) is 38.1 Å². The fourth-order valence-corrected chi connectivity index (χ4v) is 3.19. The molecule has 0 radical (unpaired) electrons. The Kier molecular flexibility index (Phi) is 7.02. The Balaban J connectivity index is 1.83. The fraction of sp³-hybridized carbons (Fsp3) is 0.304. The number of urea groups is 1. The van der Waals surface area contributed by atoms with Crippen LogP contribution in [0.25, 0.3) is 11.1 Å². The SMILES string of the molecule is CC(C)CN(C(=O)O)C(=O)N[C@@H](CCc1ccccc1)C(=O)c1nc2ccccc2o1. The summed E-state index contributed by atoms with van der Waals surface area (Å²) in [6.07, 6.45) is -0.598. The first-order valence-electron chi connectivity index (χ1n) is 10.1. The first-order chi connectivity index (χ1) is 14.8. The number of Topliss-reactive ketones (excluding diaryl/α,β-unsaturated/α-hetero) is 1. The molecule has 0 spiro atoms. The normalized spacial score (nSPS) is 12.0. The summed E-state index contributed by atoms with van der Waals surface area (Å²) in [5, 5.41) is 12.0. The number of imide groups is 1. The Morgan fingerprint density at radius 3 is 2.39 bits per heavy atom. The molecule has 3 rings (SSSR count). The van der Waals surface area contributed by atoms with Crippen LogP contribution < -0.4 is 5.32 Å². The van der Waals surface area contributed by atoms with Gasteiger partial charge in [-0.3, -0.25) is 4.79 Å². The molecule has 31 heavy (non-hydrogen) atoms. The summed E-state index contributed by atoms with van der Waals surface area (Å²) in [5.41, 5.74) is 1.99. The van der Waals surface area contributed by atoms with E-state index >= 15 is 0 Å². The molecule has 2 aromatic carbocycles. The molecule has 3 amide bonds. The monoisotopic (exact) mass is 423 g/mol. The van der Waals surface area contributed by atoms with Gasteiger partial charge in [0.25, 0.3) is 5.89 Å². The van der Waals surface area contributed by atoms with Crippen LogP contribution in [-0.2, 0) is 6.42 Å². The van der Waals surface area contributed by atoms with Crippen LogP contribution in [0.3, 0.4) is 0 Å². The molecule has 0 fully saturated rings. The highest BCUT2D eigenvalue weighted by Crippen LogP contribution is 2.18. The number of aryl methyl sites for hydroxylation is 1. The highest BCUT2D eigenvalue weighted by molar-refractivity contribution is 6.01. The number of nitrogens with one attached hydrogen (secondary N) is 1. The zero-order valence-corrected chi connectivity index (χ0v) is 17.4. The van der Waals surface area contributed by atoms with Gasteiger partial charge in [-0.1, -0.05) is 56.3 Å². The van der Waals surface area contributed by atoms with Crippen molar-refractivity contribution in [1.29, 1.82) is 0 Å². The predicted octanol–water partition coefficient (Wildman–Crippen LogP) is 4.36. The Hall–Kier alpha value is -3.68. The van der Waals surface area contributed by atoms with E-state index in [1.165, 1.54) is 0 Å². The average Bonchev–Trinajstić information content (AvgIpc) is 3.19. The molecule has 0 aliphatic rings. The van der Waals surface area contributed by atoms with E-state index in [0.717, 1.165) is 5.56 Å². The number of ketones is 1. The quantitative estimate of drug-likeness (QED) is 0.521. The Morgan fingerprint density at radius 1 is 1.06 bits per heavy atom. The third-order valence-corrected chi connectivity index (χ3v) is 4.71. The smallest absolute Gasteiger partial charge is 0.415 e. The first-order valence-corrected chi connectivity index (χ1v) is 10.1. The molecular formula is C23H25N3O5. The van der Waals surface area contributed by atoms with Gasteiger partial charge >= 0.3 is 12.1 Å². The molecule has 0 bridgehead atoms. The van der Waals surface area contributed by atoms with Gasteiger partial charge < -0.3 is 14.8 Å². The number of amides is 3. The number of nitrogens with zero attached hydrogens (tertiary/aromatic N) is 2. The summed E-state index contributed by atoms with van der Waals surface area (Å²) in [6.45, 7) is 3.63. The number of fused-ring (bicyclic) bond motifs is 1. The summed E-state index contributed by atoms with van der Waals surface area (Å²) in [6, 6.07) is 14.7. The summed E-state index contributed by atoms with van der Waals surface area (Å²) in [5.74, 6) is -0.682. The van der Waals surface area contributed by atoms with Gasteiger partial charge in [0, 0.05) is 6.54 Å². The van der Waals surface area contributed by atoms with Crippen molar-refractivity contribution in [3.8, 4) is 0 Å². The summed E-state index contributed by atoms with van der Waals surface area (Å²) < 4.78 is 5.58. The van der Waals surface area contributed by atoms with Crippen molar-refractivity contribution < 1.29 is 23.9 Å². The number of oxazole rings is 1. The molecule has 8 nitrogen and oxygen atoms in total. The second-order valence-electron chi connectivity index (χ2n) is 7.66. The number of hydrogen-bond donors (Lipinski definition) is 2. The van der Waals surface area contributed by atoms with Crippen molar-refractivity contribution >= 4 is 29.0 Å². The van der Waals surface area contributed by atoms with Gasteiger partial charge in [-0.25, -0.2) is 19.5 Å². The number of carboxylic acid groups (broad SMARTS) is 1. The van der Waals surface area contributed by atoms with Crippen LogP contribution in [0.2, 0.25) is 0 Å². The average molecular weight is 423 g/mol. The van der Waals surface area contributed by atoms with Crippen molar-refractivity contribution in [2.75, 3.05) is 6.54 Å². The number of hydrogen-bond acceptors (Lipinski definition) is 5. The van der Waals surface area contributed by atoms with Gasteiger partial charge in [0.1, 0.15) is 5.52 Å². The van der Waals surface area contributed by atoms with Crippen LogP contribution in [0.1, 0.15) is 36.5 Å². The van der Waals surface area contributed by atoms with Gasteiger partial charge in [-0.05, 0) is 36.5 Å². The molecule has 8 heteroatoms. The minimum Gasteiger partial charge on any atom is -0.465 e. The number of para-hydroxylation sites is 2. The summed E-state index contributed by atoms with van der Waals surface area (Å²) in [4.78, 5) is 42.3. The van der Waals surface area contributed by atoms with E-state index in [1.807, 2.05) is 30.3 Å². The molecule has 0 saturated carbocycles. The van der Waals surface area contributed by atoms with Gasteiger partial charge in [0.2, 0.25) is 5.78 Å². The van der Waals surface area contributed by atoms with Crippen LogP contribution in [0.5, 0.6) is 0 Å². The largest absolute Gasteiger partial charge is 0.465 e. The number of rotatable bonds is 8. The Bertz CT molecular complexity index is 1030. The van der Waals surface area contributed by atoms with Crippen molar-refractivity contribution in [3.05, 3.63) is 66.1 Å². The number of carbonyl (C=O) groups is 3. The molecular weight excluding hydrogens is 398 g/mol. The van der Waals surface area contributed by atoms with E-state index in [9.17, 15) is 19.5 Å². The highest BCUT2D eigenvalue weighted by Gasteiger charge is 2.30. The standard InChI is InChI=1S/C23H25N3O5/c1-15(2)14-26(23(29)30)22(28)25-18(13-12-16-8-4-3-5-9-16)20(27)21-24-17-10-6-7-11-19(17)31-21/h3-11,15,18H,12-14H2,1-2H3,(H,25,28)(H,29,30)/t18-/m0/s1. The topological polar surface area (TPSA) is 113 Å². The van der Waals surface area contributed by atoms with E-state index in [-0.39, 0.29) is 24.8 Å². The maximum absolute atomic E-state index is 13.1. The molecule has 162 valence electrons. The van der Waals surface area contributed by atoms with Gasteiger partial charge in [0.15, 0.2) is 5.58 Å². The van der Waals surface area contributed by atoms with Crippen molar-refractivity contribution in [3.63, 3.8) is 0 Å². The zero-order chi connectivity index (χ0) is 22.4. The number of carbonyl (C=O) groups excluding carboxylic acids is 2. The molecule has 0 unspecified atom stereocenters. The minimum atomic E-state index is -1.37. The van der Waals surface area contributed by atoms with Gasteiger partial charge in [-0.15, -0.1) is 0 Å². The summed E-state index contributed by atoms with van der Waals surface area (Å²) in [7, 11) is 0. The molecule has 0 saturated heterocycles. The second-order valence-corrected chi connectivity index (χ2v) is 7.66. The van der Waals surface area contributed by atoms with Crippen molar-refractivity contribution in [2.45, 2.75) is 32.7 Å². The molecule has 0 aliphatic carbocycles. The molecule has 1 aromatic heterocycles. The van der Waals surface area contributed by atoms with Crippen LogP contribution in [-0.4, -0.2) is 45.5 Å². The van der Waals surface area contributed by atoms with Gasteiger partial charge in [0.05, 0.1) is 6.04 Å². The molecule has 1 atom stereocenters. The molecule has 2 N–H and O–H groups in total. The lowest BCUT2D eigenvalue weighted by Gasteiger charge is -2.23. The first kappa shape index (κ1) is 22.0. The lowest BCUT2D eigenvalue weighted by Crippen LogP contribution is -2.50. The summed E-state index contributed by atoms with van der Waals surface area (Å²) >= 11 is 0. The van der Waals surface area contributed by atoms with E-state index < -0.39 is 23.9 Å². The van der Waals surface area contributed by atoms with Crippen molar-refractivity contribution in [2.24, 2.45) is 5.92 Å². The lowest BCUT2D eigenvalue weighted by molar-refractivity contribution is 0.0898. The van der Waals surface area contributed by atoms with Crippen LogP contribution in [0.15, 0.2) is 59.0 Å². The molecule has 0 aliphatic heterocycles. The van der Waals surface area contributed by atoms with Crippen molar-refractivity contribution in [1.82, 2.24) is 15.2 Å². The third kappa shape index (κ3) is 5.69. The maximum atomic E-state index is 13.1. The predicted molar refractivity (Wildman–Crippen MR) is 115 cm³/mol. The zero-order valence-electron chi connectivity index (χ0n) is 17.4. The third-order valence-electron chi connectivity index (χ3n) is 4.71. The van der Waals surface area contributed by atoms with Gasteiger partial charge in [-0.2, -0.15) is 0 Å². The Morgan fingerprint density at radius 2 is 1.74 bits per heavy atom. The van der Waals surface area contributed by atoms with Crippen LogP contribution >= 0.6 is 0 Å². The lowest BCUT2D eigenvalue weighted by atomic mass is 10.0. The van der Waals surface area contributed by atoms with Crippen LogP contribution in [0, 0.1) is 5.92 Å². The van der Waals surface area contributed by atoms with E-state index in [4.69, 9.17) is 4.42 Å². The maximum Gasteiger partial charge on any atom is 0.415 e. The minimum absolute atomic E-state index is 0.0175. The highest BCUT2D eigenvalue weighted by atomic mass is 16.4. The fourth-order valence-electron chi connectivity index (χ4n) is 3.19. The number of benzene rings is 2. The second kappa shape index (κ2) is 9.88. The van der Waals surface area contributed by atoms with E-state index in [2.05, 4.69) is 10.3 Å². The number of aromatic nitrogens is 1.